The molecule has 3 rings (SSSR count). The van der Waals surface area contributed by atoms with Crippen molar-refractivity contribution in [2.24, 2.45) is 0 Å². The summed E-state index contributed by atoms with van der Waals surface area (Å²) in [6, 6.07) is 0. The third-order valence-electron chi connectivity index (χ3n) is 2.34. The normalized spacial score (nSPS) is 10.8. The van der Waals surface area contributed by atoms with E-state index in [0.29, 0.717) is 24.6 Å². The lowest BCUT2D eigenvalue weighted by atomic mass is 10.2. The lowest BCUT2D eigenvalue weighted by molar-refractivity contribution is 0.380. The van der Waals surface area contributed by atoms with E-state index >= 15 is 0 Å². The number of hydrogen-bond acceptors (Lipinski definition) is 5. The van der Waals surface area contributed by atoms with Gasteiger partial charge in [0, 0.05) is 18.8 Å². The van der Waals surface area contributed by atoms with Crippen LogP contribution in [0.2, 0.25) is 0 Å². The van der Waals surface area contributed by atoms with Gasteiger partial charge in [0.05, 0.1) is 18.8 Å². The van der Waals surface area contributed by atoms with Crippen LogP contribution in [0.1, 0.15) is 22.8 Å². The molecule has 0 fully saturated rings. The van der Waals surface area contributed by atoms with Crippen molar-refractivity contribution in [1.82, 2.24) is 30.5 Å². The van der Waals surface area contributed by atoms with Gasteiger partial charge in [0.1, 0.15) is 0 Å². The largest absolute Gasteiger partial charge is 0.339 e. The second-order valence-corrected chi connectivity index (χ2v) is 3.67. The Labute approximate surface area is 96.3 Å². The first-order valence-electron chi connectivity index (χ1n) is 5.17. The van der Waals surface area contributed by atoms with Gasteiger partial charge in [-0.1, -0.05) is 5.16 Å². The predicted molar refractivity (Wildman–Crippen MR) is 57.1 cm³/mol. The van der Waals surface area contributed by atoms with Gasteiger partial charge in [-0.15, -0.1) is 0 Å². The van der Waals surface area contributed by atoms with E-state index in [1.165, 1.54) is 0 Å². The van der Waals surface area contributed by atoms with Gasteiger partial charge in [-0.05, 0) is 11.1 Å². The molecule has 17 heavy (non-hydrogen) atoms. The van der Waals surface area contributed by atoms with Crippen LogP contribution in [0.25, 0.3) is 0 Å². The number of hydrogen-bond donors (Lipinski definition) is 2. The van der Waals surface area contributed by atoms with Crippen LogP contribution in [0.15, 0.2) is 29.3 Å². The SMILES string of the molecule is c1n[nH]cc1Cc1noc(Cc2cn[nH]c2)n1. The van der Waals surface area contributed by atoms with E-state index in [2.05, 4.69) is 30.5 Å². The first-order chi connectivity index (χ1) is 8.40. The van der Waals surface area contributed by atoms with Gasteiger partial charge in [-0.2, -0.15) is 15.2 Å². The van der Waals surface area contributed by atoms with Crippen molar-refractivity contribution in [2.45, 2.75) is 12.8 Å². The monoisotopic (exact) mass is 230 g/mol. The molecule has 0 spiro atoms. The molecule has 0 amide bonds. The van der Waals surface area contributed by atoms with Crippen LogP contribution in [-0.2, 0) is 12.8 Å². The molecule has 0 bridgehead atoms. The Morgan fingerprint density at radius 1 is 1.00 bits per heavy atom. The quantitative estimate of drug-likeness (QED) is 0.687. The number of aromatic amines is 2. The molecule has 2 N–H and O–H groups in total. The van der Waals surface area contributed by atoms with Crippen LogP contribution < -0.4 is 0 Å². The fraction of sp³-hybridized carbons (Fsp3) is 0.200. The maximum absolute atomic E-state index is 5.15. The number of rotatable bonds is 4. The highest BCUT2D eigenvalue weighted by atomic mass is 16.5. The Morgan fingerprint density at radius 3 is 2.35 bits per heavy atom. The van der Waals surface area contributed by atoms with Crippen molar-refractivity contribution in [3.63, 3.8) is 0 Å². The molecule has 3 aromatic rings. The number of nitrogens with one attached hydrogen (secondary N) is 2. The minimum absolute atomic E-state index is 0.588. The molecule has 0 saturated carbocycles. The van der Waals surface area contributed by atoms with Crippen LogP contribution in [0.4, 0.5) is 0 Å². The molecule has 0 radical (unpaired) electrons. The van der Waals surface area contributed by atoms with Crippen molar-refractivity contribution < 1.29 is 4.52 Å². The summed E-state index contributed by atoms with van der Waals surface area (Å²) in [7, 11) is 0. The second-order valence-electron chi connectivity index (χ2n) is 3.67. The lowest BCUT2D eigenvalue weighted by Gasteiger charge is -1.88. The molecule has 0 aliphatic carbocycles. The van der Waals surface area contributed by atoms with Gasteiger partial charge in [-0.3, -0.25) is 10.2 Å². The molecule has 0 unspecified atom stereocenters. The molecule has 3 heterocycles. The third kappa shape index (κ3) is 2.22. The molecule has 0 saturated heterocycles. The molecule has 0 aliphatic heterocycles. The summed E-state index contributed by atoms with van der Waals surface area (Å²) in [6.45, 7) is 0. The smallest absolute Gasteiger partial charge is 0.231 e. The molecular formula is C10H10N6O. The highest BCUT2D eigenvalue weighted by molar-refractivity contribution is 5.12. The summed E-state index contributed by atoms with van der Waals surface area (Å²) >= 11 is 0. The maximum atomic E-state index is 5.15. The Kier molecular flexibility index (Phi) is 2.41. The van der Waals surface area contributed by atoms with E-state index in [1.807, 2.05) is 6.20 Å². The molecule has 7 nitrogen and oxygen atoms in total. The van der Waals surface area contributed by atoms with E-state index in [1.54, 1.807) is 18.6 Å². The van der Waals surface area contributed by atoms with Crippen LogP contribution >= 0.6 is 0 Å². The van der Waals surface area contributed by atoms with Gasteiger partial charge in [-0.25, -0.2) is 0 Å². The molecule has 7 heteroatoms. The number of nitrogens with zero attached hydrogens (tertiary/aromatic N) is 4. The standard InChI is InChI=1S/C10H10N6O/c1(7-3-11-12-4-7)9-15-10(17-16-9)2-8-5-13-14-6-8/h3-6H,1-2H2,(H,11,12)(H,13,14). The van der Waals surface area contributed by atoms with Gasteiger partial charge < -0.3 is 4.52 Å². The molecule has 86 valence electrons. The Hall–Kier alpha value is -2.44. The third-order valence-corrected chi connectivity index (χ3v) is 2.34. The zero-order valence-electron chi connectivity index (χ0n) is 8.92. The van der Waals surface area contributed by atoms with E-state index < -0.39 is 0 Å². The van der Waals surface area contributed by atoms with E-state index in [4.69, 9.17) is 4.52 Å². The van der Waals surface area contributed by atoms with Crippen molar-refractivity contribution in [3.05, 3.63) is 47.6 Å². The van der Waals surface area contributed by atoms with Gasteiger partial charge in [0.2, 0.25) is 5.89 Å². The van der Waals surface area contributed by atoms with Gasteiger partial charge in [0.25, 0.3) is 0 Å². The van der Waals surface area contributed by atoms with Crippen molar-refractivity contribution in [1.29, 1.82) is 0 Å². The molecular weight excluding hydrogens is 220 g/mol. The number of H-pyrrole nitrogens is 2. The number of aromatic nitrogens is 6. The summed E-state index contributed by atoms with van der Waals surface area (Å²) in [6.07, 6.45) is 8.30. The molecule has 0 aromatic carbocycles. The first-order valence-corrected chi connectivity index (χ1v) is 5.17. The Balaban J connectivity index is 1.70. The lowest BCUT2D eigenvalue weighted by Crippen LogP contribution is -1.90. The first kappa shape index (κ1) is 9.76. The average molecular weight is 230 g/mol. The van der Waals surface area contributed by atoms with Crippen LogP contribution in [-0.4, -0.2) is 30.5 Å². The zero-order chi connectivity index (χ0) is 11.5. The Morgan fingerprint density at radius 2 is 1.71 bits per heavy atom. The van der Waals surface area contributed by atoms with Crippen molar-refractivity contribution in [2.75, 3.05) is 0 Å². The fourth-order valence-electron chi connectivity index (χ4n) is 1.54. The van der Waals surface area contributed by atoms with Crippen molar-refractivity contribution in [3.8, 4) is 0 Å². The highest BCUT2D eigenvalue weighted by Crippen LogP contribution is 2.08. The zero-order valence-corrected chi connectivity index (χ0v) is 8.92. The van der Waals surface area contributed by atoms with Crippen LogP contribution in [0.3, 0.4) is 0 Å². The second kappa shape index (κ2) is 4.20. The van der Waals surface area contributed by atoms with Gasteiger partial charge in [0.15, 0.2) is 5.82 Å². The molecule has 0 aliphatic rings. The van der Waals surface area contributed by atoms with Crippen LogP contribution in [0, 0.1) is 0 Å². The van der Waals surface area contributed by atoms with Crippen molar-refractivity contribution >= 4 is 0 Å². The molecule has 3 aromatic heterocycles. The summed E-state index contributed by atoms with van der Waals surface area (Å²) in [5.41, 5.74) is 2.05. The van der Waals surface area contributed by atoms with Gasteiger partial charge >= 0.3 is 0 Å². The minimum atomic E-state index is 0.588. The van der Waals surface area contributed by atoms with Crippen LogP contribution in [0.5, 0.6) is 0 Å². The van der Waals surface area contributed by atoms with E-state index in [9.17, 15) is 0 Å². The summed E-state index contributed by atoms with van der Waals surface area (Å²) in [5.74, 6) is 1.25. The summed E-state index contributed by atoms with van der Waals surface area (Å²) in [4.78, 5) is 4.30. The fourth-order valence-corrected chi connectivity index (χ4v) is 1.54. The predicted octanol–water partition coefficient (Wildman–Crippen LogP) is 0.697. The highest BCUT2D eigenvalue weighted by Gasteiger charge is 2.08. The minimum Gasteiger partial charge on any atom is -0.339 e. The summed E-state index contributed by atoms with van der Waals surface area (Å²) in [5, 5.41) is 17.1. The average Bonchev–Trinajstić information content (AvgIpc) is 3.02. The maximum Gasteiger partial charge on any atom is 0.231 e. The molecule has 0 atom stereocenters. The van der Waals surface area contributed by atoms with E-state index in [0.717, 1.165) is 11.1 Å². The summed E-state index contributed by atoms with van der Waals surface area (Å²) < 4.78 is 5.15. The Bertz CT molecular complexity index is 517. The van der Waals surface area contributed by atoms with E-state index in [-0.39, 0.29) is 0 Å². The topological polar surface area (TPSA) is 96.3 Å².